The molecule has 0 saturated heterocycles. The molecule has 17 heavy (non-hydrogen) atoms. The van der Waals surface area contributed by atoms with Gasteiger partial charge in [-0.05, 0) is 52.5 Å². The molecule has 1 saturated carbocycles. The molecular weight excluding hydrogens is 234 g/mol. The first-order valence-electron chi connectivity index (χ1n) is 6.67. The third-order valence-electron chi connectivity index (χ3n) is 3.30. The lowest BCUT2D eigenvalue weighted by molar-refractivity contribution is 0.579. The van der Waals surface area contributed by atoms with Crippen LogP contribution in [0.25, 0.3) is 0 Å². The van der Waals surface area contributed by atoms with Crippen molar-refractivity contribution in [2.45, 2.75) is 58.5 Å². The molecule has 4 heteroatoms. The van der Waals surface area contributed by atoms with Crippen LogP contribution in [0.1, 0.15) is 44.0 Å². The first-order chi connectivity index (χ1) is 8.22. The van der Waals surface area contributed by atoms with Gasteiger partial charge in [0.2, 0.25) is 0 Å². The van der Waals surface area contributed by atoms with Crippen molar-refractivity contribution in [2.24, 2.45) is 0 Å². The molecule has 0 bridgehead atoms. The Morgan fingerprint density at radius 2 is 2.18 bits per heavy atom. The lowest BCUT2D eigenvalue weighted by Gasteiger charge is -2.06. The van der Waals surface area contributed by atoms with E-state index in [-0.39, 0.29) is 0 Å². The van der Waals surface area contributed by atoms with Gasteiger partial charge in [-0.3, -0.25) is 4.68 Å². The fraction of sp³-hybridized carbons (Fsp3) is 0.769. The van der Waals surface area contributed by atoms with Crippen LogP contribution < -0.4 is 5.32 Å². The minimum atomic E-state index is 0.821. The Morgan fingerprint density at radius 3 is 2.82 bits per heavy atom. The number of unbranched alkanes of at least 4 members (excludes halogenated alkanes) is 1. The third-order valence-corrected chi connectivity index (χ3v) is 3.80. The molecule has 1 N–H and O–H groups in total. The monoisotopic (exact) mass is 255 g/mol. The Kier molecular flexibility index (Phi) is 4.46. The summed E-state index contributed by atoms with van der Waals surface area (Å²) in [6, 6.07) is 0.821. The van der Waals surface area contributed by atoms with Gasteiger partial charge in [-0.25, -0.2) is 0 Å². The molecule has 0 unspecified atom stereocenters. The lowest BCUT2D eigenvalue weighted by atomic mass is 10.2. The van der Waals surface area contributed by atoms with Crippen LogP contribution in [0.2, 0.25) is 5.02 Å². The summed E-state index contributed by atoms with van der Waals surface area (Å²) < 4.78 is 2.03. The normalized spacial score (nSPS) is 15.5. The predicted molar refractivity (Wildman–Crippen MR) is 71.6 cm³/mol. The summed E-state index contributed by atoms with van der Waals surface area (Å²) in [7, 11) is 0. The van der Waals surface area contributed by atoms with E-state index in [1.807, 2.05) is 11.6 Å². The van der Waals surface area contributed by atoms with E-state index in [0.29, 0.717) is 0 Å². The minimum Gasteiger partial charge on any atom is -0.314 e. The summed E-state index contributed by atoms with van der Waals surface area (Å²) in [6.45, 7) is 6.14. The Balaban J connectivity index is 1.76. The highest BCUT2D eigenvalue weighted by molar-refractivity contribution is 6.31. The van der Waals surface area contributed by atoms with Gasteiger partial charge in [-0.2, -0.15) is 5.10 Å². The maximum atomic E-state index is 6.27. The van der Waals surface area contributed by atoms with E-state index in [1.165, 1.54) is 31.4 Å². The highest BCUT2D eigenvalue weighted by Gasteiger charge is 2.19. The molecule has 1 fully saturated rings. The average Bonchev–Trinajstić information content (AvgIpc) is 3.10. The van der Waals surface area contributed by atoms with Crippen molar-refractivity contribution >= 4 is 11.6 Å². The number of nitrogens with zero attached hydrogens (tertiary/aromatic N) is 2. The van der Waals surface area contributed by atoms with Crippen LogP contribution in [0.3, 0.4) is 0 Å². The quantitative estimate of drug-likeness (QED) is 0.760. The second kappa shape index (κ2) is 5.87. The summed E-state index contributed by atoms with van der Waals surface area (Å²) >= 11 is 6.27. The molecule has 1 heterocycles. The van der Waals surface area contributed by atoms with Gasteiger partial charge in [-0.1, -0.05) is 11.6 Å². The number of halogens is 1. The van der Waals surface area contributed by atoms with Gasteiger partial charge >= 0.3 is 0 Å². The summed E-state index contributed by atoms with van der Waals surface area (Å²) in [6.07, 6.45) is 6.19. The van der Waals surface area contributed by atoms with Crippen molar-refractivity contribution in [3.63, 3.8) is 0 Å². The standard InChI is InChI=1S/C13H22ClN3/c1-3-17-12(13(14)10(2)16-17)6-4-5-9-15-11-7-8-11/h11,15H,3-9H2,1-2H3. The van der Waals surface area contributed by atoms with Crippen LogP contribution in [0, 0.1) is 6.92 Å². The van der Waals surface area contributed by atoms with Gasteiger partial charge in [0.25, 0.3) is 0 Å². The van der Waals surface area contributed by atoms with Crippen molar-refractivity contribution in [1.29, 1.82) is 0 Å². The largest absolute Gasteiger partial charge is 0.314 e. The van der Waals surface area contributed by atoms with Crippen molar-refractivity contribution in [2.75, 3.05) is 6.54 Å². The molecule has 0 radical (unpaired) electrons. The highest BCUT2D eigenvalue weighted by Crippen LogP contribution is 2.22. The van der Waals surface area contributed by atoms with Crippen LogP contribution >= 0.6 is 11.6 Å². The second-order valence-electron chi connectivity index (χ2n) is 4.85. The van der Waals surface area contributed by atoms with Gasteiger partial charge in [0, 0.05) is 12.6 Å². The van der Waals surface area contributed by atoms with Crippen LogP contribution in [0.5, 0.6) is 0 Å². The molecule has 0 amide bonds. The minimum absolute atomic E-state index is 0.821. The van der Waals surface area contributed by atoms with Crippen LogP contribution in [-0.4, -0.2) is 22.4 Å². The molecule has 2 rings (SSSR count). The first-order valence-corrected chi connectivity index (χ1v) is 7.05. The van der Waals surface area contributed by atoms with E-state index in [1.54, 1.807) is 0 Å². The summed E-state index contributed by atoms with van der Waals surface area (Å²) in [5, 5.41) is 8.83. The Labute approximate surface area is 109 Å². The molecule has 1 aromatic rings. The number of nitrogens with one attached hydrogen (secondary N) is 1. The van der Waals surface area contributed by atoms with E-state index in [0.717, 1.165) is 36.3 Å². The zero-order chi connectivity index (χ0) is 12.3. The smallest absolute Gasteiger partial charge is 0.0847 e. The van der Waals surface area contributed by atoms with Gasteiger partial charge in [-0.15, -0.1) is 0 Å². The summed E-state index contributed by atoms with van der Waals surface area (Å²) in [4.78, 5) is 0. The SMILES string of the molecule is CCn1nc(C)c(Cl)c1CCCCNC1CC1. The molecule has 1 aromatic heterocycles. The number of hydrogen-bond donors (Lipinski definition) is 1. The molecule has 96 valence electrons. The molecule has 3 nitrogen and oxygen atoms in total. The zero-order valence-electron chi connectivity index (χ0n) is 10.8. The van der Waals surface area contributed by atoms with E-state index < -0.39 is 0 Å². The Bertz CT molecular complexity index is 369. The topological polar surface area (TPSA) is 29.9 Å². The molecule has 0 aromatic carbocycles. The summed E-state index contributed by atoms with van der Waals surface area (Å²) in [5.74, 6) is 0. The Morgan fingerprint density at radius 1 is 1.41 bits per heavy atom. The van der Waals surface area contributed by atoms with E-state index in [2.05, 4.69) is 17.3 Å². The van der Waals surface area contributed by atoms with Crippen LogP contribution in [-0.2, 0) is 13.0 Å². The molecule has 0 aliphatic heterocycles. The fourth-order valence-corrected chi connectivity index (χ4v) is 2.35. The lowest BCUT2D eigenvalue weighted by Crippen LogP contribution is -2.17. The number of aryl methyl sites for hydroxylation is 2. The predicted octanol–water partition coefficient (Wildman–Crippen LogP) is 2.94. The summed E-state index contributed by atoms with van der Waals surface area (Å²) in [5.41, 5.74) is 2.16. The van der Waals surface area contributed by atoms with Crippen molar-refractivity contribution in [3.05, 3.63) is 16.4 Å². The number of aromatic nitrogens is 2. The van der Waals surface area contributed by atoms with Crippen molar-refractivity contribution in [1.82, 2.24) is 15.1 Å². The average molecular weight is 256 g/mol. The number of rotatable bonds is 7. The maximum absolute atomic E-state index is 6.27. The Hall–Kier alpha value is -0.540. The highest BCUT2D eigenvalue weighted by atomic mass is 35.5. The maximum Gasteiger partial charge on any atom is 0.0847 e. The number of hydrogen-bond acceptors (Lipinski definition) is 2. The van der Waals surface area contributed by atoms with Crippen molar-refractivity contribution < 1.29 is 0 Å². The van der Waals surface area contributed by atoms with Crippen LogP contribution in [0.15, 0.2) is 0 Å². The van der Waals surface area contributed by atoms with E-state index in [4.69, 9.17) is 11.6 Å². The zero-order valence-corrected chi connectivity index (χ0v) is 11.6. The molecule has 0 spiro atoms. The molecular formula is C13H22ClN3. The van der Waals surface area contributed by atoms with E-state index in [9.17, 15) is 0 Å². The van der Waals surface area contributed by atoms with E-state index >= 15 is 0 Å². The van der Waals surface area contributed by atoms with Gasteiger partial charge in [0.1, 0.15) is 0 Å². The third kappa shape index (κ3) is 3.46. The van der Waals surface area contributed by atoms with Crippen molar-refractivity contribution in [3.8, 4) is 0 Å². The van der Waals surface area contributed by atoms with Gasteiger partial charge in [0.05, 0.1) is 16.4 Å². The first kappa shape index (κ1) is 12.9. The van der Waals surface area contributed by atoms with Gasteiger partial charge < -0.3 is 5.32 Å². The second-order valence-corrected chi connectivity index (χ2v) is 5.23. The van der Waals surface area contributed by atoms with Gasteiger partial charge in [0.15, 0.2) is 0 Å². The fourth-order valence-electron chi connectivity index (χ4n) is 2.12. The molecule has 0 atom stereocenters. The van der Waals surface area contributed by atoms with Crippen LogP contribution in [0.4, 0.5) is 0 Å². The molecule has 1 aliphatic carbocycles. The molecule has 1 aliphatic rings.